The van der Waals surface area contributed by atoms with Gasteiger partial charge in [0, 0.05) is 13.1 Å². The Morgan fingerprint density at radius 1 is 1.19 bits per heavy atom. The fourth-order valence-electron chi connectivity index (χ4n) is 2.14. The molecule has 0 aromatic heterocycles. The molecule has 1 aromatic rings. The molecule has 0 bridgehead atoms. The molecule has 0 heterocycles. The van der Waals surface area contributed by atoms with E-state index in [1.165, 1.54) is 6.07 Å². The zero-order valence-corrected chi connectivity index (χ0v) is 12.6. The first-order valence-corrected chi connectivity index (χ1v) is 6.87. The number of benzene rings is 1. The maximum absolute atomic E-state index is 13.1. The molecule has 1 rings (SSSR count). The summed E-state index contributed by atoms with van der Waals surface area (Å²) in [6, 6.07) is 2.82. The van der Waals surface area contributed by atoms with Gasteiger partial charge in [0.1, 0.15) is 5.82 Å². The van der Waals surface area contributed by atoms with Crippen LogP contribution in [0.5, 0.6) is 0 Å². The van der Waals surface area contributed by atoms with E-state index in [1.807, 2.05) is 25.7 Å². The second kappa shape index (κ2) is 6.75. The Balaban J connectivity index is 3.00. The summed E-state index contributed by atoms with van der Waals surface area (Å²) >= 11 is 0. The standard InChI is InChI=1S/C15H22F4N2/c1-4-21(10-14(2,3)9-20)8-11-5-6-12(16)7-13(11)15(17,18)19/h5-7H,4,8-10,20H2,1-3H3. The second-order valence-electron chi connectivity index (χ2n) is 5.97. The highest BCUT2D eigenvalue weighted by molar-refractivity contribution is 5.30. The molecule has 2 nitrogen and oxygen atoms in total. The van der Waals surface area contributed by atoms with Crippen molar-refractivity contribution >= 4 is 0 Å². The molecule has 0 aliphatic carbocycles. The van der Waals surface area contributed by atoms with Crippen molar-refractivity contribution in [3.05, 3.63) is 35.1 Å². The minimum Gasteiger partial charge on any atom is -0.330 e. The predicted octanol–water partition coefficient (Wildman–Crippen LogP) is 3.65. The van der Waals surface area contributed by atoms with Gasteiger partial charge in [0.05, 0.1) is 5.56 Å². The van der Waals surface area contributed by atoms with Crippen molar-refractivity contribution in [2.24, 2.45) is 11.1 Å². The number of hydrogen-bond acceptors (Lipinski definition) is 2. The molecule has 0 unspecified atom stereocenters. The van der Waals surface area contributed by atoms with Gasteiger partial charge >= 0.3 is 6.18 Å². The van der Waals surface area contributed by atoms with Crippen molar-refractivity contribution in [2.45, 2.75) is 33.5 Å². The zero-order valence-electron chi connectivity index (χ0n) is 12.6. The predicted molar refractivity (Wildman–Crippen MR) is 75.2 cm³/mol. The van der Waals surface area contributed by atoms with Gasteiger partial charge in [0.15, 0.2) is 0 Å². The lowest BCUT2D eigenvalue weighted by molar-refractivity contribution is -0.138. The Morgan fingerprint density at radius 2 is 1.81 bits per heavy atom. The monoisotopic (exact) mass is 306 g/mol. The molecule has 0 fully saturated rings. The maximum Gasteiger partial charge on any atom is 0.416 e. The van der Waals surface area contributed by atoms with Crippen LogP contribution in [0.4, 0.5) is 17.6 Å². The summed E-state index contributed by atoms with van der Waals surface area (Å²) in [5.74, 6) is -0.878. The molecule has 6 heteroatoms. The van der Waals surface area contributed by atoms with Crippen molar-refractivity contribution < 1.29 is 17.6 Å². The molecule has 0 aliphatic heterocycles. The van der Waals surface area contributed by atoms with Crippen LogP contribution in [0.1, 0.15) is 31.9 Å². The minimum atomic E-state index is -4.56. The zero-order chi connectivity index (χ0) is 16.3. The van der Waals surface area contributed by atoms with Gasteiger partial charge < -0.3 is 5.73 Å². The largest absolute Gasteiger partial charge is 0.416 e. The molecule has 120 valence electrons. The molecule has 2 N–H and O–H groups in total. The van der Waals surface area contributed by atoms with Gasteiger partial charge in [-0.05, 0) is 36.2 Å². The lowest BCUT2D eigenvalue weighted by atomic mass is 9.92. The van der Waals surface area contributed by atoms with E-state index >= 15 is 0 Å². The van der Waals surface area contributed by atoms with Gasteiger partial charge in [0.2, 0.25) is 0 Å². The van der Waals surface area contributed by atoms with E-state index in [2.05, 4.69) is 0 Å². The van der Waals surface area contributed by atoms with E-state index in [0.717, 1.165) is 6.07 Å². The van der Waals surface area contributed by atoms with Gasteiger partial charge in [0.25, 0.3) is 0 Å². The lowest BCUT2D eigenvalue weighted by Crippen LogP contribution is -2.38. The first-order chi connectivity index (χ1) is 9.59. The number of halogens is 4. The van der Waals surface area contributed by atoms with E-state index in [4.69, 9.17) is 5.73 Å². The molecule has 0 saturated carbocycles. The van der Waals surface area contributed by atoms with E-state index in [0.29, 0.717) is 25.7 Å². The molecule has 0 aliphatic rings. The average Bonchev–Trinajstić information content (AvgIpc) is 2.38. The molecule has 21 heavy (non-hydrogen) atoms. The van der Waals surface area contributed by atoms with Crippen LogP contribution in [-0.2, 0) is 12.7 Å². The van der Waals surface area contributed by atoms with Gasteiger partial charge in [-0.2, -0.15) is 13.2 Å². The van der Waals surface area contributed by atoms with E-state index < -0.39 is 17.6 Å². The third-order valence-corrected chi connectivity index (χ3v) is 3.42. The third-order valence-electron chi connectivity index (χ3n) is 3.42. The Kier molecular flexibility index (Phi) is 5.75. The van der Waals surface area contributed by atoms with E-state index in [-0.39, 0.29) is 17.5 Å². The number of nitrogens with two attached hydrogens (primary N) is 1. The van der Waals surface area contributed by atoms with Crippen LogP contribution < -0.4 is 5.73 Å². The number of nitrogens with zero attached hydrogens (tertiary/aromatic N) is 1. The van der Waals surface area contributed by atoms with Gasteiger partial charge in [-0.25, -0.2) is 4.39 Å². The van der Waals surface area contributed by atoms with Crippen molar-refractivity contribution in [2.75, 3.05) is 19.6 Å². The quantitative estimate of drug-likeness (QED) is 0.813. The van der Waals surface area contributed by atoms with Gasteiger partial charge in [-0.15, -0.1) is 0 Å². The van der Waals surface area contributed by atoms with Gasteiger partial charge in [-0.1, -0.05) is 26.8 Å². The van der Waals surface area contributed by atoms with Crippen molar-refractivity contribution in [3.63, 3.8) is 0 Å². The molecular weight excluding hydrogens is 284 g/mol. The number of alkyl halides is 3. The first kappa shape index (κ1) is 17.9. The Hall–Kier alpha value is -1.14. The SMILES string of the molecule is CCN(Cc1ccc(F)cc1C(F)(F)F)CC(C)(C)CN. The maximum atomic E-state index is 13.1. The summed E-state index contributed by atoms with van der Waals surface area (Å²) in [6.07, 6.45) is -4.56. The fraction of sp³-hybridized carbons (Fsp3) is 0.600. The summed E-state index contributed by atoms with van der Waals surface area (Å²) in [6.45, 7) is 7.54. The highest BCUT2D eigenvalue weighted by atomic mass is 19.4. The van der Waals surface area contributed by atoms with Crippen LogP contribution in [-0.4, -0.2) is 24.5 Å². The van der Waals surface area contributed by atoms with Crippen LogP contribution in [0, 0.1) is 11.2 Å². The van der Waals surface area contributed by atoms with Crippen molar-refractivity contribution in [1.82, 2.24) is 4.90 Å². The summed E-state index contributed by atoms with van der Waals surface area (Å²) in [4.78, 5) is 1.88. The molecule has 0 atom stereocenters. The van der Waals surface area contributed by atoms with Crippen LogP contribution in [0.3, 0.4) is 0 Å². The normalized spacial score (nSPS) is 13.0. The smallest absolute Gasteiger partial charge is 0.330 e. The van der Waals surface area contributed by atoms with E-state index in [9.17, 15) is 17.6 Å². The Morgan fingerprint density at radius 3 is 2.29 bits per heavy atom. The molecule has 0 amide bonds. The summed E-state index contributed by atoms with van der Waals surface area (Å²) in [5.41, 5.74) is 4.65. The summed E-state index contributed by atoms with van der Waals surface area (Å²) < 4.78 is 52.0. The fourth-order valence-corrected chi connectivity index (χ4v) is 2.14. The number of hydrogen-bond donors (Lipinski definition) is 1. The first-order valence-electron chi connectivity index (χ1n) is 6.87. The van der Waals surface area contributed by atoms with Crippen LogP contribution >= 0.6 is 0 Å². The molecule has 1 aromatic carbocycles. The Labute approximate surface area is 122 Å². The van der Waals surface area contributed by atoms with Crippen LogP contribution in [0.15, 0.2) is 18.2 Å². The van der Waals surface area contributed by atoms with Crippen LogP contribution in [0.2, 0.25) is 0 Å². The highest BCUT2D eigenvalue weighted by Crippen LogP contribution is 2.33. The van der Waals surface area contributed by atoms with Crippen LogP contribution in [0.25, 0.3) is 0 Å². The molecule has 0 radical (unpaired) electrons. The second-order valence-corrected chi connectivity index (χ2v) is 5.97. The Bertz CT molecular complexity index is 469. The lowest BCUT2D eigenvalue weighted by Gasteiger charge is -2.31. The highest BCUT2D eigenvalue weighted by Gasteiger charge is 2.34. The summed E-state index contributed by atoms with van der Waals surface area (Å²) in [7, 11) is 0. The number of rotatable bonds is 6. The minimum absolute atomic E-state index is 0.0820. The summed E-state index contributed by atoms with van der Waals surface area (Å²) in [5, 5.41) is 0. The average molecular weight is 306 g/mol. The molecule has 0 saturated heterocycles. The van der Waals surface area contributed by atoms with Crippen molar-refractivity contribution in [3.8, 4) is 0 Å². The van der Waals surface area contributed by atoms with Crippen molar-refractivity contribution in [1.29, 1.82) is 0 Å². The molecular formula is C15H22F4N2. The van der Waals surface area contributed by atoms with E-state index in [1.54, 1.807) is 0 Å². The third kappa shape index (κ3) is 5.28. The van der Waals surface area contributed by atoms with Gasteiger partial charge in [-0.3, -0.25) is 4.90 Å². The topological polar surface area (TPSA) is 29.3 Å². The molecule has 0 spiro atoms.